The topological polar surface area (TPSA) is 62.9 Å². The predicted octanol–water partition coefficient (Wildman–Crippen LogP) is 4.33. The van der Waals surface area contributed by atoms with Crippen molar-refractivity contribution in [3.05, 3.63) is 24.3 Å². The average Bonchev–Trinajstić information content (AvgIpc) is 2.47. The van der Waals surface area contributed by atoms with Crippen LogP contribution < -0.4 is 15.8 Å². The number of nitrogens with one attached hydrogen (secondary N) is 1. The van der Waals surface area contributed by atoms with Gasteiger partial charge in [0.05, 0.1) is 6.10 Å². The largest absolute Gasteiger partial charge is 0.491 e. The standard InChI is InChI=1S/C19H34N4O.HI/c1-14(2)23(15(3)4)13-7-12-21-19(20)22-17-8-10-18(11-9-17)24-16(5)6;/h8-11,14-16H,7,12-13H2,1-6H3,(H3,20,21,22);1H. The maximum atomic E-state index is 5.96. The van der Waals surface area contributed by atoms with Crippen LogP contribution in [0.1, 0.15) is 48.0 Å². The Bertz CT molecular complexity index is 493. The first-order chi connectivity index (χ1) is 11.3. The highest BCUT2D eigenvalue weighted by atomic mass is 127. The summed E-state index contributed by atoms with van der Waals surface area (Å²) < 4.78 is 5.62. The number of hydrogen-bond donors (Lipinski definition) is 2. The third kappa shape index (κ3) is 9.89. The number of aliphatic imine (C=N–C) groups is 1. The molecule has 0 fully saturated rings. The molecule has 5 nitrogen and oxygen atoms in total. The molecule has 1 rings (SSSR count). The van der Waals surface area contributed by atoms with Gasteiger partial charge in [-0.25, -0.2) is 0 Å². The summed E-state index contributed by atoms with van der Waals surface area (Å²) >= 11 is 0. The zero-order chi connectivity index (χ0) is 18.1. The number of guanidine groups is 1. The van der Waals surface area contributed by atoms with Gasteiger partial charge in [-0.2, -0.15) is 0 Å². The van der Waals surface area contributed by atoms with Gasteiger partial charge in [-0.15, -0.1) is 24.0 Å². The maximum Gasteiger partial charge on any atom is 0.193 e. The summed E-state index contributed by atoms with van der Waals surface area (Å²) in [6.07, 6.45) is 1.17. The Morgan fingerprint density at radius 2 is 1.64 bits per heavy atom. The van der Waals surface area contributed by atoms with Crippen LogP contribution in [-0.2, 0) is 0 Å². The van der Waals surface area contributed by atoms with Crippen molar-refractivity contribution < 1.29 is 4.74 Å². The van der Waals surface area contributed by atoms with Gasteiger partial charge in [-0.05, 0) is 72.2 Å². The minimum atomic E-state index is 0. The number of nitrogens with zero attached hydrogens (tertiary/aromatic N) is 2. The lowest BCUT2D eigenvalue weighted by molar-refractivity contribution is 0.174. The summed E-state index contributed by atoms with van der Waals surface area (Å²) in [7, 11) is 0. The summed E-state index contributed by atoms with van der Waals surface area (Å²) in [5, 5.41) is 3.11. The van der Waals surface area contributed by atoms with E-state index in [-0.39, 0.29) is 30.1 Å². The van der Waals surface area contributed by atoms with Crippen LogP contribution in [0.2, 0.25) is 0 Å². The lowest BCUT2D eigenvalue weighted by Crippen LogP contribution is -2.38. The number of benzene rings is 1. The molecule has 0 radical (unpaired) electrons. The monoisotopic (exact) mass is 462 g/mol. The Balaban J connectivity index is 0.00000576. The minimum absolute atomic E-state index is 0. The summed E-state index contributed by atoms with van der Waals surface area (Å²) in [5.74, 6) is 1.31. The first-order valence-corrected chi connectivity index (χ1v) is 8.89. The highest BCUT2D eigenvalue weighted by molar-refractivity contribution is 14.0. The average molecular weight is 462 g/mol. The predicted molar refractivity (Wildman–Crippen MR) is 119 cm³/mol. The Kier molecular flexibility index (Phi) is 11.8. The molecule has 0 amide bonds. The van der Waals surface area contributed by atoms with E-state index in [1.807, 2.05) is 38.1 Å². The maximum absolute atomic E-state index is 5.96. The van der Waals surface area contributed by atoms with E-state index < -0.39 is 0 Å². The molecule has 0 aliphatic rings. The van der Waals surface area contributed by atoms with Crippen LogP contribution in [0.3, 0.4) is 0 Å². The lowest BCUT2D eigenvalue weighted by Gasteiger charge is -2.30. The van der Waals surface area contributed by atoms with E-state index in [0.717, 1.165) is 30.9 Å². The molecule has 25 heavy (non-hydrogen) atoms. The SMILES string of the molecule is CC(C)Oc1ccc(NC(N)=NCCCN(C(C)C)C(C)C)cc1.I. The fourth-order valence-electron chi connectivity index (χ4n) is 2.64. The van der Waals surface area contributed by atoms with E-state index in [4.69, 9.17) is 10.5 Å². The number of halogens is 1. The van der Waals surface area contributed by atoms with Gasteiger partial charge in [-0.3, -0.25) is 9.89 Å². The molecule has 0 bridgehead atoms. The second-order valence-electron chi connectivity index (χ2n) is 6.86. The van der Waals surface area contributed by atoms with E-state index in [1.54, 1.807) is 0 Å². The molecule has 0 atom stereocenters. The van der Waals surface area contributed by atoms with Crippen LogP contribution in [0.15, 0.2) is 29.3 Å². The highest BCUT2D eigenvalue weighted by Crippen LogP contribution is 2.16. The highest BCUT2D eigenvalue weighted by Gasteiger charge is 2.12. The molecular weight excluding hydrogens is 427 g/mol. The van der Waals surface area contributed by atoms with Crippen LogP contribution in [0.4, 0.5) is 5.69 Å². The molecular formula is C19H35IN4O. The fourth-order valence-corrected chi connectivity index (χ4v) is 2.64. The second-order valence-corrected chi connectivity index (χ2v) is 6.86. The molecule has 0 aromatic heterocycles. The second kappa shape index (κ2) is 12.4. The van der Waals surface area contributed by atoms with Gasteiger partial charge in [0.15, 0.2) is 5.96 Å². The van der Waals surface area contributed by atoms with Gasteiger partial charge in [-0.1, -0.05) is 0 Å². The van der Waals surface area contributed by atoms with Gasteiger partial charge in [0, 0.05) is 30.9 Å². The van der Waals surface area contributed by atoms with E-state index in [0.29, 0.717) is 18.0 Å². The molecule has 0 saturated carbocycles. The molecule has 1 aromatic carbocycles. The van der Waals surface area contributed by atoms with Gasteiger partial charge < -0.3 is 15.8 Å². The molecule has 0 aliphatic carbocycles. The smallest absolute Gasteiger partial charge is 0.193 e. The van der Waals surface area contributed by atoms with Crippen LogP contribution >= 0.6 is 24.0 Å². The lowest BCUT2D eigenvalue weighted by atomic mass is 10.2. The first-order valence-electron chi connectivity index (χ1n) is 8.89. The molecule has 0 unspecified atom stereocenters. The summed E-state index contributed by atoms with van der Waals surface area (Å²) in [6.45, 7) is 14.7. The van der Waals surface area contributed by atoms with Crippen molar-refractivity contribution in [2.75, 3.05) is 18.4 Å². The van der Waals surface area contributed by atoms with Crippen molar-refractivity contribution in [1.82, 2.24) is 4.90 Å². The Labute approximate surface area is 170 Å². The van der Waals surface area contributed by atoms with Gasteiger partial charge in [0.1, 0.15) is 5.75 Å². The van der Waals surface area contributed by atoms with Crippen molar-refractivity contribution >= 4 is 35.6 Å². The third-order valence-electron chi connectivity index (χ3n) is 3.68. The minimum Gasteiger partial charge on any atom is -0.491 e. The number of hydrogen-bond acceptors (Lipinski definition) is 3. The fraction of sp³-hybridized carbons (Fsp3) is 0.632. The van der Waals surface area contributed by atoms with Crippen molar-refractivity contribution in [2.45, 2.75) is 66.2 Å². The molecule has 144 valence electrons. The quantitative estimate of drug-likeness (QED) is 0.248. The van der Waals surface area contributed by atoms with Crippen LogP contribution in [-0.4, -0.2) is 42.1 Å². The van der Waals surface area contributed by atoms with Crippen molar-refractivity contribution in [1.29, 1.82) is 0 Å². The van der Waals surface area contributed by atoms with Crippen molar-refractivity contribution in [2.24, 2.45) is 10.7 Å². The van der Waals surface area contributed by atoms with E-state index in [2.05, 4.69) is 42.9 Å². The van der Waals surface area contributed by atoms with E-state index in [1.165, 1.54) is 0 Å². The van der Waals surface area contributed by atoms with Gasteiger partial charge in [0.2, 0.25) is 0 Å². The molecule has 0 aliphatic heterocycles. The van der Waals surface area contributed by atoms with Gasteiger partial charge >= 0.3 is 0 Å². The van der Waals surface area contributed by atoms with Crippen LogP contribution in [0.5, 0.6) is 5.75 Å². The summed E-state index contributed by atoms with van der Waals surface area (Å²) in [6, 6.07) is 8.85. The molecule has 1 aromatic rings. The van der Waals surface area contributed by atoms with Crippen molar-refractivity contribution in [3.8, 4) is 5.75 Å². The van der Waals surface area contributed by atoms with Crippen LogP contribution in [0, 0.1) is 0 Å². The van der Waals surface area contributed by atoms with E-state index in [9.17, 15) is 0 Å². The number of rotatable bonds is 9. The summed E-state index contributed by atoms with van der Waals surface area (Å²) in [5.41, 5.74) is 6.87. The zero-order valence-electron chi connectivity index (χ0n) is 16.5. The Morgan fingerprint density at radius 3 is 2.12 bits per heavy atom. The molecule has 0 spiro atoms. The molecule has 0 heterocycles. The molecule has 3 N–H and O–H groups in total. The molecule has 0 saturated heterocycles. The van der Waals surface area contributed by atoms with Gasteiger partial charge in [0.25, 0.3) is 0 Å². The number of nitrogens with two attached hydrogens (primary N) is 1. The van der Waals surface area contributed by atoms with Crippen molar-refractivity contribution in [3.63, 3.8) is 0 Å². The Hall–Kier alpha value is -1.02. The third-order valence-corrected chi connectivity index (χ3v) is 3.68. The normalized spacial score (nSPS) is 12.0. The van der Waals surface area contributed by atoms with Crippen LogP contribution in [0.25, 0.3) is 0 Å². The first kappa shape index (κ1) is 24.0. The molecule has 6 heteroatoms. The number of ether oxygens (including phenoxy) is 1. The van der Waals surface area contributed by atoms with E-state index >= 15 is 0 Å². The Morgan fingerprint density at radius 1 is 1.08 bits per heavy atom. The zero-order valence-corrected chi connectivity index (χ0v) is 18.8. The number of anilines is 1. The summed E-state index contributed by atoms with van der Waals surface area (Å²) in [4.78, 5) is 6.87.